The zero-order valence-corrected chi connectivity index (χ0v) is 10.9. The Morgan fingerprint density at radius 3 is 2.90 bits per heavy atom. The van der Waals surface area contributed by atoms with Crippen molar-refractivity contribution >= 4 is 17.7 Å². The molecule has 9 nitrogen and oxygen atoms in total. The molecule has 0 aliphatic heterocycles. The van der Waals surface area contributed by atoms with E-state index in [1.807, 2.05) is 0 Å². The minimum atomic E-state index is -1.20. The zero-order valence-electron chi connectivity index (χ0n) is 10.9. The number of fused-ring (bicyclic) bond motifs is 1. The van der Waals surface area contributed by atoms with Crippen molar-refractivity contribution < 1.29 is 19.4 Å². The van der Waals surface area contributed by atoms with Gasteiger partial charge in [-0.05, 0) is 13.0 Å². The average Bonchev–Trinajstić information content (AvgIpc) is 2.83. The van der Waals surface area contributed by atoms with E-state index in [9.17, 15) is 9.59 Å². The normalized spacial score (nSPS) is 12.3. The average molecular weight is 279 g/mol. The SMILES string of the molecule is COCC(NC(=O)c1nc2nccc(C)n2n1)C(=O)O. The maximum absolute atomic E-state index is 11.9. The molecule has 1 unspecified atom stereocenters. The first-order valence-electron chi connectivity index (χ1n) is 5.74. The summed E-state index contributed by atoms with van der Waals surface area (Å²) in [5, 5.41) is 15.2. The van der Waals surface area contributed by atoms with Gasteiger partial charge >= 0.3 is 5.97 Å². The number of methoxy groups -OCH3 is 1. The van der Waals surface area contributed by atoms with Gasteiger partial charge in [0.25, 0.3) is 11.7 Å². The quantitative estimate of drug-likeness (QED) is 0.740. The number of carbonyl (C=O) groups excluding carboxylic acids is 1. The molecule has 2 N–H and O–H groups in total. The molecule has 0 spiro atoms. The van der Waals surface area contributed by atoms with E-state index in [0.29, 0.717) is 0 Å². The molecule has 0 aliphatic carbocycles. The number of carbonyl (C=O) groups is 2. The lowest BCUT2D eigenvalue weighted by atomic mass is 10.3. The van der Waals surface area contributed by atoms with Crippen LogP contribution in [-0.2, 0) is 9.53 Å². The lowest BCUT2D eigenvalue weighted by molar-refractivity contribution is -0.140. The van der Waals surface area contributed by atoms with Crippen LogP contribution in [0.15, 0.2) is 12.3 Å². The fourth-order valence-corrected chi connectivity index (χ4v) is 1.57. The van der Waals surface area contributed by atoms with Crippen LogP contribution >= 0.6 is 0 Å². The van der Waals surface area contributed by atoms with Crippen LogP contribution in [-0.4, -0.2) is 56.3 Å². The number of aryl methyl sites for hydroxylation is 1. The summed E-state index contributed by atoms with van der Waals surface area (Å²) in [6.45, 7) is 1.64. The number of carboxylic acids is 1. The van der Waals surface area contributed by atoms with E-state index < -0.39 is 17.9 Å². The summed E-state index contributed by atoms with van der Waals surface area (Å²) in [5.74, 6) is -1.76. The first-order valence-corrected chi connectivity index (χ1v) is 5.74. The molecule has 9 heteroatoms. The van der Waals surface area contributed by atoms with Crippen LogP contribution in [0.4, 0.5) is 0 Å². The van der Waals surface area contributed by atoms with Crippen molar-refractivity contribution in [1.82, 2.24) is 24.9 Å². The van der Waals surface area contributed by atoms with E-state index in [1.54, 1.807) is 19.2 Å². The number of nitrogens with one attached hydrogen (secondary N) is 1. The van der Waals surface area contributed by atoms with E-state index in [0.717, 1.165) is 5.69 Å². The lowest BCUT2D eigenvalue weighted by Crippen LogP contribution is -2.44. The molecule has 0 saturated carbocycles. The predicted molar refractivity (Wildman–Crippen MR) is 66.3 cm³/mol. The number of amides is 1. The molecule has 0 aromatic carbocycles. The molecule has 1 atom stereocenters. The van der Waals surface area contributed by atoms with Crippen LogP contribution in [0.3, 0.4) is 0 Å². The number of aromatic nitrogens is 4. The Morgan fingerprint density at radius 2 is 2.30 bits per heavy atom. The monoisotopic (exact) mass is 279 g/mol. The smallest absolute Gasteiger partial charge is 0.328 e. The van der Waals surface area contributed by atoms with Crippen LogP contribution in [0, 0.1) is 6.92 Å². The highest BCUT2D eigenvalue weighted by Gasteiger charge is 2.23. The summed E-state index contributed by atoms with van der Waals surface area (Å²) in [4.78, 5) is 30.8. The minimum Gasteiger partial charge on any atom is -0.480 e. The molecule has 0 aliphatic rings. The van der Waals surface area contributed by atoms with Gasteiger partial charge in [-0.15, -0.1) is 5.10 Å². The fourth-order valence-electron chi connectivity index (χ4n) is 1.57. The van der Waals surface area contributed by atoms with Crippen molar-refractivity contribution in [2.45, 2.75) is 13.0 Å². The summed E-state index contributed by atoms with van der Waals surface area (Å²) in [7, 11) is 1.35. The highest BCUT2D eigenvalue weighted by molar-refractivity contribution is 5.93. The van der Waals surface area contributed by atoms with Crippen molar-refractivity contribution in [2.24, 2.45) is 0 Å². The van der Waals surface area contributed by atoms with Crippen LogP contribution in [0.2, 0.25) is 0 Å². The third-order valence-electron chi connectivity index (χ3n) is 2.57. The standard InChI is InChI=1S/C11H13N5O4/c1-6-3-4-12-11-14-8(15-16(6)11)9(17)13-7(5-20-2)10(18)19/h3-4,7H,5H2,1-2H3,(H,13,17)(H,18,19). The number of hydrogen-bond acceptors (Lipinski definition) is 6. The van der Waals surface area contributed by atoms with Crippen LogP contribution in [0.25, 0.3) is 5.78 Å². The molecular weight excluding hydrogens is 266 g/mol. The van der Waals surface area contributed by atoms with Crippen molar-refractivity contribution in [1.29, 1.82) is 0 Å². The number of aliphatic carboxylic acids is 1. The zero-order chi connectivity index (χ0) is 14.7. The molecule has 2 aromatic rings. The van der Waals surface area contributed by atoms with Gasteiger partial charge in [-0.1, -0.05) is 0 Å². The molecule has 1 amide bonds. The Balaban J connectivity index is 2.22. The van der Waals surface area contributed by atoms with Crippen molar-refractivity contribution in [3.8, 4) is 0 Å². The topological polar surface area (TPSA) is 119 Å². The highest BCUT2D eigenvalue weighted by atomic mass is 16.5. The van der Waals surface area contributed by atoms with Gasteiger partial charge in [0, 0.05) is 19.0 Å². The van der Waals surface area contributed by atoms with Gasteiger partial charge in [0.1, 0.15) is 0 Å². The summed E-state index contributed by atoms with van der Waals surface area (Å²) in [5.41, 5.74) is 0.758. The van der Waals surface area contributed by atoms with Crippen molar-refractivity contribution in [2.75, 3.05) is 13.7 Å². The largest absolute Gasteiger partial charge is 0.480 e. The van der Waals surface area contributed by atoms with Crippen LogP contribution in [0.5, 0.6) is 0 Å². The first-order chi connectivity index (χ1) is 9.52. The second-order valence-electron chi connectivity index (χ2n) is 4.05. The maximum Gasteiger partial charge on any atom is 0.328 e. The Labute approximate surface area is 113 Å². The fraction of sp³-hybridized carbons (Fsp3) is 0.364. The maximum atomic E-state index is 11.9. The van der Waals surface area contributed by atoms with E-state index in [2.05, 4.69) is 20.4 Å². The summed E-state index contributed by atoms with van der Waals surface area (Å²) in [6.07, 6.45) is 1.55. The Hall–Kier alpha value is -2.55. The summed E-state index contributed by atoms with van der Waals surface area (Å²) >= 11 is 0. The third kappa shape index (κ3) is 2.72. The number of carboxylic acid groups (broad SMARTS) is 1. The van der Waals surface area contributed by atoms with Gasteiger partial charge in [0.05, 0.1) is 6.61 Å². The second-order valence-corrected chi connectivity index (χ2v) is 4.05. The third-order valence-corrected chi connectivity index (χ3v) is 2.57. The molecular formula is C11H13N5O4. The molecule has 20 heavy (non-hydrogen) atoms. The van der Waals surface area contributed by atoms with E-state index in [1.165, 1.54) is 11.6 Å². The van der Waals surface area contributed by atoms with Crippen molar-refractivity contribution in [3.63, 3.8) is 0 Å². The molecule has 2 aromatic heterocycles. The highest BCUT2D eigenvalue weighted by Crippen LogP contribution is 2.02. The molecule has 106 valence electrons. The number of rotatable bonds is 5. The van der Waals surface area contributed by atoms with Crippen LogP contribution < -0.4 is 5.32 Å². The van der Waals surface area contributed by atoms with E-state index >= 15 is 0 Å². The molecule has 0 saturated heterocycles. The molecule has 0 bridgehead atoms. The number of nitrogens with zero attached hydrogens (tertiary/aromatic N) is 4. The molecule has 0 fully saturated rings. The molecule has 2 heterocycles. The van der Waals surface area contributed by atoms with E-state index in [-0.39, 0.29) is 18.2 Å². The lowest BCUT2D eigenvalue weighted by Gasteiger charge is -2.11. The first kappa shape index (κ1) is 13.9. The second kappa shape index (κ2) is 5.61. The van der Waals surface area contributed by atoms with Gasteiger partial charge in [-0.25, -0.2) is 14.3 Å². The Morgan fingerprint density at radius 1 is 1.55 bits per heavy atom. The summed E-state index contributed by atoms with van der Waals surface area (Å²) < 4.78 is 6.13. The van der Waals surface area contributed by atoms with Gasteiger partial charge in [0.15, 0.2) is 6.04 Å². The molecule has 0 radical (unpaired) electrons. The van der Waals surface area contributed by atoms with Crippen molar-refractivity contribution in [3.05, 3.63) is 23.8 Å². The Kier molecular flexibility index (Phi) is 3.89. The van der Waals surface area contributed by atoms with Gasteiger partial charge < -0.3 is 15.2 Å². The number of ether oxygens (including phenoxy) is 1. The minimum absolute atomic E-state index is 0.144. The molecule has 2 rings (SSSR count). The van der Waals surface area contributed by atoms with E-state index in [4.69, 9.17) is 9.84 Å². The van der Waals surface area contributed by atoms with Gasteiger partial charge in [-0.3, -0.25) is 4.79 Å². The van der Waals surface area contributed by atoms with Gasteiger partial charge in [0.2, 0.25) is 5.82 Å². The number of hydrogen-bond donors (Lipinski definition) is 2. The van der Waals surface area contributed by atoms with Gasteiger partial charge in [-0.2, -0.15) is 4.98 Å². The van der Waals surface area contributed by atoms with Crippen LogP contribution in [0.1, 0.15) is 16.3 Å². The predicted octanol–water partition coefficient (Wildman–Crippen LogP) is -0.738. The summed E-state index contributed by atoms with van der Waals surface area (Å²) in [6, 6.07) is 0.558. The Bertz CT molecular complexity index is 653.